The van der Waals surface area contributed by atoms with Gasteiger partial charge in [0.1, 0.15) is 6.33 Å². The zero-order chi connectivity index (χ0) is 15.9. The van der Waals surface area contributed by atoms with E-state index >= 15 is 0 Å². The fourth-order valence-electron chi connectivity index (χ4n) is 1.85. The van der Waals surface area contributed by atoms with Crippen LogP contribution in [-0.2, 0) is 29.1 Å². The number of ether oxygens (including phenoxy) is 1. The predicted molar refractivity (Wildman–Crippen MR) is 79.8 cm³/mol. The van der Waals surface area contributed by atoms with Gasteiger partial charge in [0.25, 0.3) is 0 Å². The number of hydrogen-bond donors (Lipinski definition) is 1. The fourth-order valence-corrected chi connectivity index (χ4v) is 2.37. The Morgan fingerprint density at radius 2 is 1.77 bits per heavy atom. The minimum absolute atomic E-state index is 0.239. The first-order chi connectivity index (χ1) is 10.6. The average Bonchev–Trinajstić information content (AvgIpc) is 2.55. The molecule has 1 heterocycles. The summed E-state index contributed by atoms with van der Waals surface area (Å²) in [6.45, 7) is 0.488. The Labute approximate surface area is 130 Å². The molecule has 0 aliphatic rings. The molecule has 7 nitrogen and oxygen atoms in total. The minimum atomic E-state index is -2.13. The van der Waals surface area contributed by atoms with Crippen molar-refractivity contribution in [2.24, 2.45) is 0 Å². The van der Waals surface area contributed by atoms with Crippen molar-refractivity contribution in [1.82, 2.24) is 14.3 Å². The van der Waals surface area contributed by atoms with Gasteiger partial charge in [0.05, 0.1) is 12.7 Å². The van der Waals surface area contributed by atoms with Crippen LogP contribution in [0.15, 0.2) is 43.0 Å². The topological polar surface area (TPSA) is 92.6 Å². The Kier molecular flexibility index (Phi) is 5.70. The Hall–Kier alpha value is -2.16. The number of carbonyl (C=O) groups is 1. The van der Waals surface area contributed by atoms with Gasteiger partial charge in [-0.25, -0.2) is 19.0 Å². The van der Waals surface area contributed by atoms with Crippen molar-refractivity contribution in [3.05, 3.63) is 59.7 Å². The number of nitrogens with zero attached hydrogens (tertiary/aromatic N) is 3. The molecule has 1 aromatic carbocycles. The maximum atomic E-state index is 11.5. The van der Waals surface area contributed by atoms with Crippen molar-refractivity contribution in [1.29, 1.82) is 0 Å². The SMILES string of the molecule is COC(=O)c1ccc(CN(Cc2cncnc2)S(=O)O)cc1. The quantitative estimate of drug-likeness (QED) is 0.638. The van der Waals surface area contributed by atoms with E-state index in [2.05, 4.69) is 14.7 Å². The van der Waals surface area contributed by atoms with E-state index in [0.717, 1.165) is 11.1 Å². The number of benzene rings is 1. The first kappa shape index (κ1) is 16.2. The van der Waals surface area contributed by atoms with E-state index in [4.69, 9.17) is 0 Å². The summed E-state index contributed by atoms with van der Waals surface area (Å²) in [7, 11) is 1.31. The standard InChI is InChI=1S/C14H15N3O4S/c1-21-14(18)13-4-2-11(3-5-13)8-17(22(19)20)9-12-6-15-10-16-7-12/h2-7,10H,8-9H2,1H3,(H,19,20). The summed E-state index contributed by atoms with van der Waals surface area (Å²) in [5.41, 5.74) is 1.96. The lowest BCUT2D eigenvalue weighted by molar-refractivity contribution is 0.0600. The summed E-state index contributed by atoms with van der Waals surface area (Å²) < 4.78 is 26.8. The van der Waals surface area contributed by atoms with Crippen molar-refractivity contribution in [2.45, 2.75) is 13.1 Å². The van der Waals surface area contributed by atoms with Crippen LogP contribution in [-0.4, -0.2) is 36.1 Å². The van der Waals surface area contributed by atoms with Gasteiger partial charge in [-0.2, -0.15) is 4.31 Å². The van der Waals surface area contributed by atoms with Crippen LogP contribution in [0.3, 0.4) is 0 Å². The van der Waals surface area contributed by atoms with Crippen molar-refractivity contribution < 1.29 is 18.3 Å². The van der Waals surface area contributed by atoms with Crippen LogP contribution in [0.5, 0.6) is 0 Å². The first-order valence-electron chi connectivity index (χ1n) is 6.37. The Morgan fingerprint density at radius 3 is 2.32 bits per heavy atom. The molecule has 0 bridgehead atoms. The number of rotatable bonds is 6. The first-order valence-corrected chi connectivity index (χ1v) is 7.43. The summed E-state index contributed by atoms with van der Waals surface area (Å²) in [5.74, 6) is -0.421. The molecular weight excluding hydrogens is 306 g/mol. The lowest BCUT2D eigenvalue weighted by atomic mass is 10.1. The number of hydrogen-bond acceptors (Lipinski definition) is 5. The molecule has 116 valence electrons. The van der Waals surface area contributed by atoms with Gasteiger partial charge in [-0.1, -0.05) is 12.1 Å². The molecule has 0 saturated heterocycles. The molecular formula is C14H15N3O4S. The smallest absolute Gasteiger partial charge is 0.337 e. The van der Waals surface area contributed by atoms with E-state index in [1.807, 2.05) is 0 Å². The van der Waals surface area contributed by atoms with E-state index in [1.54, 1.807) is 36.7 Å². The van der Waals surface area contributed by atoms with Crippen molar-refractivity contribution in [2.75, 3.05) is 7.11 Å². The molecule has 8 heteroatoms. The highest BCUT2D eigenvalue weighted by Crippen LogP contribution is 2.12. The lowest BCUT2D eigenvalue weighted by Gasteiger charge is -2.17. The minimum Gasteiger partial charge on any atom is -0.465 e. The molecule has 0 aliphatic heterocycles. The highest BCUT2D eigenvalue weighted by atomic mass is 32.2. The van der Waals surface area contributed by atoms with Gasteiger partial charge in [0.15, 0.2) is 0 Å². The molecule has 1 unspecified atom stereocenters. The highest BCUT2D eigenvalue weighted by Gasteiger charge is 2.13. The maximum absolute atomic E-state index is 11.5. The van der Waals surface area contributed by atoms with Crippen molar-refractivity contribution >= 4 is 17.2 Å². The van der Waals surface area contributed by atoms with E-state index in [9.17, 15) is 13.6 Å². The molecule has 0 amide bonds. The molecule has 0 fully saturated rings. The largest absolute Gasteiger partial charge is 0.465 e. The van der Waals surface area contributed by atoms with Gasteiger partial charge in [-0.15, -0.1) is 0 Å². The second-order valence-corrected chi connectivity index (χ2v) is 5.44. The summed E-state index contributed by atoms with van der Waals surface area (Å²) in [4.78, 5) is 19.1. The second kappa shape index (κ2) is 7.74. The molecule has 0 saturated carbocycles. The molecule has 2 aromatic rings. The molecule has 0 spiro atoms. The van der Waals surface area contributed by atoms with Gasteiger partial charge in [-0.05, 0) is 17.7 Å². The lowest BCUT2D eigenvalue weighted by Crippen LogP contribution is -2.24. The number of carbonyl (C=O) groups excluding carboxylic acids is 1. The molecule has 2 rings (SSSR count). The predicted octanol–water partition coefficient (Wildman–Crippen LogP) is 1.40. The Balaban J connectivity index is 2.08. The molecule has 0 radical (unpaired) electrons. The third kappa shape index (κ3) is 4.42. The van der Waals surface area contributed by atoms with Crippen LogP contribution in [0.25, 0.3) is 0 Å². The van der Waals surface area contributed by atoms with E-state index < -0.39 is 17.2 Å². The van der Waals surface area contributed by atoms with Gasteiger partial charge >= 0.3 is 5.97 Å². The number of aromatic nitrogens is 2. The van der Waals surface area contributed by atoms with Crippen LogP contribution >= 0.6 is 0 Å². The summed E-state index contributed by atoms with van der Waals surface area (Å²) in [6.07, 6.45) is 4.58. The summed E-state index contributed by atoms with van der Waals surface area (Å²) in [5, 5.41) is 0. The Morgan fingerprint density at radius 1 is 1.18 bits per heavy atom. The monoisotopic (exact) mass is 321 g/mol. The second-order valence-electron chi connectivity index (χ2n) is 4.46. The summed E-state index contributed by atoms with van der Waals surface area (Å²) >= 11 is -2.13. The van der Waals surface area contributed by atoms with Gasteiger partial charge in [-0.3, -0.25) is 4.55 Å². The van der Waals surface area contributed by atoms with Gasteiger partial charge in [0, 0.05) is 31.0 Å². The third-order valence-corrected chi connectivity index (χ3v) is 3.63. The van der Waals surface area contributed by atoms with E-state index in [1.165, 1.54) is 17.7 Å². The van der Waals surface area contributed by atoms with Crippen LogP contribution < -0.4 is 0 Å². The van der Waals surface area contributed by atoms with Gasteiger partial charge in [0.2, 0.25) is 11.3 Å². The summed E-state index contributed by atoms with van der Waals surface area (Å²) in [6, 6.07) is 6.66. The molecule has 1 atom stereocenters. The van der Waals surface area contributed by atoms with Crippen LogP contribution in [0.2, 0.25) is 0 Å². The van der Waals surface area contributed by atoms with Crippen molar-refractivity contribution in [3.63, 3.8) is 0 Å². The van der Waals surface area contributed by atoms with Crippen LogP contribution in [0.1, 0.15) is 21.5 Å². The normalized spacial score (nSPS) is 12.1. The molecule has 22 heavy (non-hydrogen) atoms. The highest BCUT2D eigenvalue weighted by molar-refractivity contribution is 7.76. The zero-order valence-electron chi connectivity index (χ0n) is 11.9. The van der Waals surface area contributed by atoms with Crippen LogP contribution in [0.4, 0.5) is 0 Å². The number of esters is 1. The fraction of sp³-hybridized carbons (Fsp3) is 0.214. The third-order valence-electron chi connectivity index (χ3n) is 2.93. The van der Waals surface area contributed by atoms with Crippen LogP contribution in [0, 0.1) is 0 Å². The van der Waals surface area contributed by atoms with Crippen molar-refractivity contribution in [3.8, 4) is 0 Å². The maximum Gasteiger partial charge on any atom is 0.337 e. The average molecular weight is 321 g/mol. The molecule has 0 aliphatic carbocycles. The number of methoxy groups -OCH3 is 1. The van der Waals surface area contributed by atoms with E-state index in [-0.39, 0.29) is 13.1 Å². The Bertz CT molecular complexity index is 649. The molecule has 1 N–H and O–H groups in total. The zero-order valence-corrected chi connectivity index (χ0v) is 12.7. The van der Waals surface area contributed by atoms with Gasteiger partial charge < -0.3 is 4.74 Å². The van der Waals surface area contributed by atoms with E-state index in [0.29, 0.717) is 5.56 Å². The molecule has 1 aromatic heterocycles.